The van der Waals surface area contributed by atoms with Crippen LogP contribution in [0.25, 0.3) is 16.9 Å². The van der Waals surface area contributed by atoms with Crippen LogP contribution in [0.3, 0.4) is 0 Å². The first-order valence-electron chi connectivity index (χ1n) is 14.4. The van der Waals surface area contributed by atoms with Crippen LogP contribution in [-0.2, 0) is 22.1 Å². The third kappa shape index (κ3) is 7.42. The van der Waals surface area contributed by atoms with E-state index in [0.717, 1.165) is 41.9 Å². The molecule has 9 nitrogen and oxygen atoms in total. The van der Waals surface area contributed by atoms with E-state index in [2.05, 4.69) is 21.6 Å². The van der Waals surface area contributed by atoms with Gasteiger partial charge in [0, 0.05) is 25.0 Å². The number of pyridine rings is 1. The summed E-state index contributed by atoms with van der Waals surface area (Å²) in [4.78, 5) is 23.3. The number of carbonyl (C=O) groups is 1. The zero-order chi connectivity index (χ0) is 31.5. The molecule has 3 aromatic heterocycles. The number of aliphatic hydroxyl groups is 1. The van der Waals surface area contributed by atoms with E-state index in [4.69, 9.17) is 10.5 Å². The number of fused-ring (bicyclic) bond motifs is 1. The molecule has 43 heavy (non-hydrogen) atoms. The van der Waals surface area contributed by atoms with E-state index in [1.165, 1.54) is 13.8 Å². The Labute approximate surface area is 249 Å². The second-order valence-corrected chi connectivity index (χ2v) is 11.4. The van der Waals surface area contributed by atoms with Gasteiger partial charge >= 0.3 is 6.18 Å². The first-order chi connectivity index (χ1) is 20.2. The molecule has 0 spiro atoms. The summed E-state index contributed by atoms with van der Waals surface area (Å²) in [5.41, 5.74) is 6.65. The summed E-state index contributed by atoms with van der Waals surface area (Å²) in [6.45, 7) is 13.1. The smallest absolute Gasteiger partial charge is 0.384 e. The Morgan fingerprint density at radius 3 is 2.53 bits per heavy atom. The minimum Gasteiger partial charge on any atom is -0.384 e. The average Bonchev–Trinajstić information content (AvgIpc) is 3.26. The van der Waals surface area contributed by atoms with Crippen molar-refractivity contribution in [2.45, 2.75) is 71.6 Å². The van der Waals surface area contributed by atoms with E-state index in [-0.39, 0.29) is 23.0 Å². The minimum atomic E-state index is -4.68. The number of Topliss-reactive ketones (excluding diaryl/α,β-unsaturated/α-hetero) is 1. The number of ketones is 1. The van der Waals surface area contributed by atoms with Crippen molar-refractivity contribution >= 4 is 22.9 Å². The van der Waals surface area contributed by atoms with Gasteiger partial charge in [0.05, 0.1) is 24.3 Å². The third-order valence-corrected chi connectivity index (χ3v) is 7.45. The second-order valence-electron chi connectivity index (χ2n) is 11.4. The van der Waals surface area contributed by atoms with Gasteiger partial charge in [-0.1, -0.05) is 31.6 Å². The molecule has 0 bridgehead atoms. The van der Waals surface area contributed by atoms with E-state index in [9.17, 15) is 23.1 Å². The van der Waals surface area contributed by atoms with Crippen molar-refractivity contribution in [3.05, 3.63) is 59.0 Å². The lowest BCUT2D eigenvalue weighted by molar-refractivity contribution is -0.137. The van der Waals surface area contributed by atoms with Gasteiger partial charge in [0.25, 0.3) is 0 Å². The number of nitrogens with two attached hydrogens (primary N) is 1. The molecule has 0 aliphatic carbocycles. The molecule has 3 aromatic rings. The lowest BCUT2D eigenvalue weighted by atomic mass is 9.90. The zero-order valence-electron chi connectivity index (χ0n) is 25.1. The maximum atomic E-state index is 14.0. The quantitative estimate of drug-likeness (QED) is 0.219. The minimum absolute atomic E-state index is 0.117. The lowest BCUT2D eigenvalue weighted by Crippen LogP contribution is -2.37. The van der Waals surface area contributed by atoms with Crippen molar-refractivity contribution in [1.82, 2.24) is 19.6 Å². The number of allylic oxidation sites excluding steroid dienone is 2. The van der Waals surface area contributed by atoms with Gasteiger partial charge in [0.2, 0.25) is 0 Å². The van der Waals surface area contributed by atoms with Gasteiger partial charge in [-0.15, -0.1) is 5.10 Å². The van der Waals surface area contributed by atoms with Crippen LogP contribution in [0.5, 0.6) is 0 Å². The summed E-state index contributed by atoms with van der Waals surface area (Å²) in [7, 11) is 0. The molecule has 1 aliphatic rings. The lowest BCUT2D eigenvalue weighted by Gasteiger charge is -2.28. The van der Waals surface area contributed by atoms with Gasteiger partial charge < -0.3 is 20.5 Å². The van der Waals surface area contributed by atoms with Crippen molar-refractivity contribution in [2.24, 2.45) is 0 Å². The van der Waals surface area contributed by atoms with E-state index in [0.29, 0.717) is 62.5 Å². The van der Waals surface area contributed by atoms with Crippen LogP contribution >= 0.6 is 0 Å². The first kappa shape index (κ1) is 32.2. The van der Waals surface area contributed by atoms with Gasteiger partial charge in [-0.3, -0.25) is 4.79 Å². The van der Waals surface area contributed by atoms with Crippen molar-refractivity contribution in [3.8, 4) is 11.4 Å². The van der Waals surface area contributed by atoms with Crippen LogP contribution in [0.1, 0.15) is 63.3 Å². The Morgan fingerprint density at radius 2 is 1.91 bits per heavy atom. The van der Waals surface area contributed by atoms with Crippen LogP contribution in [0.15, 0.2) is 42.1 Å². The number of nitrogens with zero attached hydrogens (tertiary/aromatic N) is 5. The number of hydrogen-bond donors (Lipinski definition) is 2. The zero-order valence-corrected chi connectivity index (χ0v) is 25.1. The summed E-state index contributed by atoms with van der Waals surface area (Å²) in [6, 6.07) is 2.73. The highest BCUT2D eigenvalue weighted by Gasteiger charge is 2.36. The Morgan fingerprint density at radius 1 is 1.21 bits per heavy atom. The fraction of sp³-hybridized carbons (Fsp3) is 0.484. The summed E-state index contributed by atoms with van der Waals surface area (Å²) >= 11 is 0. The molecule has 0 saturated carbocycles. The molecule has 0 amide bonds. The molecule has 4 heterocycles. The highest BCUT2D eigenvalue weighted by Crippen LogP contribution is 2.38. The predicted molar refractivity (Wildman–Crippen MR) is 160 cm³/mol. The number of ether oxygens (including phenoxy) is 1. The number of unbranched alkanes of at least 4 members (excludes halogenated alkanes) is 1. The SMILES string of the molecule is C=C(CC/C(=C\CCC)C(=O)C(C)(C)O)Cc1cc2c(N3CCOCC3)nc(-c3cnc(N)cc3C(F)(F)F)nn2c1C. The standard InChI is InChI=1S/C31H39F3N6O3/c1-6-7-8-21(27(41)30(4,5)42)10-9-19(2)15-22-16-25-29(39-11-13-43-14-12-39)37-28(38-40(25)20(22)3)23-18-36-26(35)17-24(23)31(32,33)34/h8,16-18,42H,2,6-7,9-15H2,1,3-5H3,(H2,35,36)/b21-8+. The molecular weight excluding hydrogens is 561 g/mol. The Hall–Kier alpha value is -3.77. The highest BCUT2D eigenvalue weighted by atomic mass is 19.4. The molecule has 0 aromatic carbocycles. The van der Waals surface area contributed by atoms with E-state index in [1.807, 2.05) is 30.9 Å². The maximum absolute atomic E-state index is 14.0. The molecule has 3 N–H and O–H groups in total. The molecule has 0 unspecified atom stereocenters. The van der Waals surface area contributed by atoms with Crippen LogP contribution in [0.2, 0.25) is 0 Å². The van der Waals surface area contributed by atoms with Crippen molar-refractivity contribution in [2.75, 3.05) is 36.9 Å². The van der Waals surface area contributed by atoms with Crippen LogP contribution in [0.4, 0.5) is 24.8 Å². The largest absolute Gasteiger partial charge is 0.417 e. The summed E-state index contributed by atoms with van der Waals surface area (Å²) < 4.78 is 49.1. The number of carbonyl (C=O) groups excluding carboxylic acids is 1. The number of morpholine rings is 1. The number of aromatic nitrogens is 4. The van der Waals surface area contributed by atoms with Gasteiger partial charge in [0.1, 0.15) is 16.9 Å². The highest BCUT2D eigenvalue weighted by molar-refractivity contribution is 6.01. The Balaban J connectivity index is 1.71. The third-order valence-electron chi connectivity index (χ3n) is 7.45. The number of halogens is 3. The molecule has 4 rings (SSSR count). The van der Waals surface area contributed by atoms with Crippen LogP contribution < -0.4 is 10.6 Å². The number of alkyl halides is 3. The number of anilines is 2. The van der Waals surface area contributed by atoms with Gasteiger partial charge in [0.15, 0.2) is 17.4 Å². The summed E-state index contributed by atoms with van der Waals surface area (Å²) in [5, 5.41) is 14.8. The maximum Gasteiger partial charge on any atom is 0.417 e. The van der Waals surface area contributed by atoms with E-state index < -0.39 is 17.3 Å². The second kappa shape index (κ2) is 12.8. The molecule has 1 fully saturated rings. The van der Waals surface area contributed by atoms with Crippen molar-refractivity contribution in [3.63, 3.8) is 0 Å². The first-order valence-corrected chi connectivity index (χ1v) is 14.4. The fourth-order valence-corrected chi connectivity index (χ4v) is 5.08. The number of hydrogen-bond acceptors (Lipinski definition) is 8. The molecule has 1 aliphatic heterocycles. The van der Waals surface area contributed by atoms with Crippen LogP contribution in [0, 0.1) is 6.92 Å². The van der Waals surface area contributed by atoms with E-state index in [1.54, 1.807) is 4.52 Å². The van der Waals surface area contributed by atoms with Crippen molar-refractivity contribution in [1.29, 1.82) is 0 Å². The van der Waals surface area contributed by atoms with Gasteiger partial charge in [-0.05, 0) is 69.7 Å². The molecule has 0 radical (unpaired) electrons. The van der Waals surface area contributed by atoms with Gasteiger partial charge in [-0.25, -0.2) is 14.5 Å². The summed E-state index contributed by atoms with van der Waals surface area (Å²) in [5.74, 6) is -0.166. The van der Waals surface area contributed by atoms with Crippen molar-refractivity contribution < 1.29 is 27.8 Å². The molecule has 0 atom stereocenters. The molecule has 232 valence electrons. The number of rotatable bonds is 11. The molecule has 12 heteroatoms. The number of nitrogen functional groups attached to an aromatic ring is 1. The monoisotopic (exact) mass is 600 g/mol. The van der Waals surface area contributed by atoms with Gasteiger partial charge in [-0.2, -0.15) is 13.2 Å². The average molecular weight is 601 g/mol. The van der Waals surface area contributed by atoms with Crippen LogP contribution in [-0.4, -0.2) is 62.4 Å². The number of aryl methyl sites for hydroxylation is 1. The Bertz CT molecular complexity index is 1530. The fourth-order valence-electron chi connectivity index (χ4n) is 5.08. The molecule has 1 saturated heterocycles. The van der Waals surface area contributed by atoms with E-state index >= 15 is 0 Å². The Kier molecular flexibility index (Phi) is 9.60. The molecular formula is C31H39F3N6O3. The normalized spacial score (nSPS) is 14.9. The predicted octanol–water partition coefficient (Wildman–Crippen LogP) is 5.48. The summed E-state index contributed by atoms with van der Waals surface area (Å²) in [6.07, 6.45) is 1.33. The topological polar surface area (TPSA) is 119 Å².